The molecule has 0 saturated heterocycles. The quantitative estimate of drug-likeness (QED) is 0.389. The Morgan fingerprint density at radius 2 is 2.25 bits per heavy atom. The summed E-state index contributed by atoms with van der Waals surface area (Å²) in [5.41, 5.74) is 0. The molecule has 0 spiro atoms. The first-order chi connectivity index (χ1) is 3.91. The summed E-state index contributed by atoms with van der Waals surface area (Å²) in [6, 6.07) is 0. The van der Waals surface area contributed by atoms with Gasteiger partial charge in [0.05, 0.1) is 0 Å². The molecular weight excluding hydrogens is 98.1 g/mol. The van der Waals surface area contributed by atoms with Crippen molar-refractivity contribution in [2.75, 3.05) is 0 Å². The summed E-state index contributed by atoms with van der Waals surface area (Å²) in [5, 5.41) is 0. The zero-order valence-corrected chi connectivity index (χ0v) is 5.17. The summed E-state index contributed by atoms with van der Waals surface area (Å²) in [7, 11) is 0. The Morgan fingerprint density at radius 3 is 2.75 bits per heavy atom. The number of nitrogens with zero attached hydrogens (tertiary/aromatic N) is 1. The van der Waals surface area contributed by atoms with Crippen LogP contribution in [0.15, 0.2) is 29.4 Å². The molecule has 8 heavy (non-hydrogen) atoms. The van der Waals surface area contributed by atoms with Crippen LogP contribution in [-0.4, -0.2) is 6.72 Å². The molecule has 0 aromatic rings. The van der Waals surface area contributed by atoms with Crippen LogP contribution in [0.1, 0.15) is 13.3 Å². The summed E-state index contributed by atoms with van der Waals surface area (Å²) >= 11 is 0. The van der Waals surface area contributed by atoms with Crippen LogP contribution in [0.4, 0.5) is 0 Å². The Labute approximate surface area is 50.4 Å². The fourth-order valence-corrected chi connectivity index (χ4v) is 0.325. The van der Waals surface area contributed by atoms with Crippen LogP contribution in [0.3, 0.4) is 0 Å². The third kappa shape index (κ3) is 5.15. The highest BCUT2D eigenvalue weighted by molar-refractivity contribution is 5.26. The first kappa shape index (κ1) is 7.15. The zero-order valence-electron chi connectivity index (χ0n) is 5.17. The molecule has 1 nitrogen and oxygen atoms in total. The summed E-state index contributed by atoms with van der Waals surface area (Å²) in [5.74, 6) is 0. The van der Waals surface area contributed by atoms with Crippen molar-refractivity contribution in [3.05, 3.63) is 24.4 Å². The van der Waals surface area contributed by atoms with Gasteiger partial charge < -0.3 is 0 Å². The molecule has 0 radical (unpaired) electrons. The van der Waals surface area contributed by atoms with Gasteiger partial charge in [0, 0.05) is 6.20 Å². The van der Waals surface area contributed by atoms with Gasteiger partial charge in [-0.2, -0.15) is 0 Å². The number of aliphatic imine (C=N–C) groups is 1. The molecule has 0 saturated carbocycles. The predicted molar refractivity (Wildman–Crippen MR) is 38.1 cm³/mol. The molecule has 0 amide bonds. The van der Waals surface area contributed by atoms with Crippen LogP contribution in [-0.2, 0) is 0 Å². The van der Waals surface area contributed by atoms with Crippen LogP contribution in [0, 0.1) is 0 Å². The van der Waals surface area contributed by atoms with Gasteiger partial charge in [0.1, 0.15) is 0 Å². The second kappa shape index (κ2) is 6.15. The van der Waals surface area contributed by atoms with E-state index in [-0.39, 0.29) is 0 Å². The lowest BCUT2D eigenvalue weighted by atomic mass is 10.4. The number of rotatable bonds is 3. The number of allylic oxidation sites excluding steroid dienone is 3. The minimum atomic E-state index is 1.07. The molecule has 0 N–H and O–H groups in total. The Morgan fingerprint density at radius 1 is 1.50 bits per heavy atom. The lowest BCUT2D eigenvalue weighted by Crippen LogP contribution is -1.50. The zero-order chi connectivity index (χ0) is 6.24. The first-order valence-electron chi connectivity index (χ1n) is 2.69. The molecule has 0 heterocycles. The third-order valence-corrected chi connectivity index (χ3v) is 0.674. The molecule has 0 fully saturated rings. The molecule has 0 bridgehead atoms. The molecule has 0 aliphatic heterocycles. The summed E-state index contributed by atoms with van der Waals surface area (Å²) in [4.78, 5) is 3.53. The lowest BCUT2D eigenvalue weighted by molar-refractivity contribution is 1.22. The fourth-order valence-electron chi connectivity index (χ4n) is 0.325. The van der Waals surface area contributed by atoms with Gasteiger partial charge in [-0.25, -0.2) is 0 Å². The highest BCUT2D eigenvalue weighted by atomic mass is 14.6. The van der Waals surface area contributed by atoms with Crippen LogP contribution in [0.2, 0.25) is 0 Å². The first-order valence-corrected chi connectivity index (χ1v) is 2.69. The Bertz CT molecular complexity index is 101. The molecular formula is C7H11N. The fraction of sp³-hybridized carbons (Fsp3) is 0.286. The van der Waals surface area contributed by atoms with Crippen molar-refractivity contribution < 1.29 is 0 Å². The van der Waals surface area contributed by atoms with Crippen LogP contribution in [0.25, 0.3) is 0 Å². The molecule has 0 aliphatic carbocycles. The van der Waals surface area contributed by atoms with E-state index in [1.54, 1.807) is 6.20 Å². The van der Waals surface area contributed by atoms with E-state index >= 15 is 0 Å². The molecule has 1 heteroatoms. The van der Waals surface area contributed by atoms with Crippen molar-refractivity contribution in [2.24, 2.45) is 4.99 Å². The van der Waals surface area contributed by atoms with Crippen molar-refractivity contribution in [3.8, 4) is 0 Å². The molecule has 0 aromatic heterocycles. The largest absolute Gasteiger partial charge is 0.273 e. The number of hydrogen-bond donors (Lipinski definition) is 0. The minimum Gasteiger partial charge on any atom is -0.273 e. The molecule has 44 valence electrons. The highest BCUT2D eigenvalue weighted by Gasteiger charge is 1.59. The van der Waals surface area contributed by atoms with Crippen molar-refractivity contribution in [1.82, 2.24) is 0 Å². The predicted octanol–water partition coefficient (Wildman–Crippen LogP) is 2.17. The van der Waals surface area contributed by atoms with E-state index in [4.69, 9.17) is 0 Å². The van der Waals surface area contributed by atoms with Gasteiger partial charge in [-0.15, -0.1) is 0 Å². The van der Waals surface area contributed by atoms with Crippen molar-refractivity contribution in [3.63, 3.8) is 0 Å². The standard InChI is InChI=1S/C7H11N/c1-3-4-5-6-7-8-2/h4-7H,2-3H2,1H3/b5-4-,7-6-. The third-order valence-electron chi connectivity index (χ3n) is 0.674. The van der Waals surface area contributed by atoms with E-state index in [1.807, 2.05) is 12.2 Å². The van der Waals surface area contributed by atoms with E-state index in [0.717, 1.165) is 6.42 Å². The van der Waals surface area contributed by atoms with Gasteiger partial charge in [-0.05, 0) is 19.2 Å². The normalized spacial score (nSPS) is 11.1. The molecule has 0 aromatic carbocycles. The van der Waals surface area contributed by atoms with Gasteiger partial charge in [0.25, 0.3) is 0 Å². The molecule has 0 rings (SSSR count). The van der Waals surface area contributed by atoms with Gasteiger partial charge >= 0.3 is 0 Å². The average Bonchev–Trinajstić information content (AvgIpc) is 1.81. The van der Waals surface area contributed by atoms with Crippen LogP contribution in [0.5, 0.6) is 0 Å². The summed E-state index contributed by atoms with van der Waals surface area (Å²) < 4.78 is 0. The van der Waals surface area contributed by atoms with E-state index in [1.165, 1.54) is 0 Å². The van der Waals surface area contributed by atoms with Crippen molar-refractivity contribution in [1.29, 1.82) is 0 Å². The maximum absolute atomic E-state index is 3.53. The van der Waals surface area contributed by atoms with Gasteiger partial charge in [-0.1, -0.05) is 19.1 Å². The summed E-state index contributed by atoms with van der Waals surface area (Å²) in [6.45, 7) is 5.38. The number of hydrogen-bond acceptors (Lipinski definition) is 1. The maximum atomic E-state index is 3.53. The van der Waals surface area contributed by atoms with Crippen molar-refractivity contribution in [2.45, 2.75) is 13.3 Å². The SMILES string of the molecule is C=N/C=C\C=C/CC. The Kier molecular flexibility index (Phi) is 5.50. The van der Waals surface area contributed by atoms with Crippen LogP contribution < -0.4 is 0 Å². The Hall–Kier alpha value is -0.850. The molecule has 0 atom stereocenters. The van der Waals surface area contributed by atoms with E-state index < -0.39 is 0 Å². The molecule has 0 unspecified atom stereocenters. The second-order valence-electron chi connectivity index (χ2n) is 1.36. The Balaban J connectivity index is 3.26. The van der Waals surface area contributed by atoms with Gasteiger partial charge in [0.2, 0.25) is 0 Å². The van der Waals surface area contributed by atoms with Gasteiger partial charge in [-0.3, -0.25) is 4.99 Å². The topological polar surface area (TPSA) is 12.4 Å². The average molecular weight is 109 g/mol. The minimum absolute atomic E-state index is 1.07. The lowest BCUT2D eigenvalue weighted by Gasteiger charge is -1.71. The molecule has 0 aliphatic rings. The van der Waals surface area contributed by atoms with Crippen LogP contribution >= 0.6 is 0 Å². The summed E-state index contributed by atoms with van der Waals surface area (Å²) in [6.07, 6.45) is 8.60. The smallest absolute Gasteiger partial charge is 0.0260 e. The van der Waals surface area contributed by atoms with E-state index in [9.17, 15) is 0 Å². The maximum Gasteiger partial charge on any atom is 0.0260 e. The monoisotopic (exact) mass is 109 g/mol. The van der Waals surface area contributed by atoms with Gasteiger partial charge in [0.15, 0.2) is 0 Å². The van der Waals surface area contributed by atoms with Crippen molar-refractivity contribution >= 4 is 6.72 Å². The second-order valence-corrected chi connectivity index (χ2v) is 1.36. The van der Waals surface area contributed by atoms with E-state index in [0.29, 0.717) is 0 Å². The highest BCUT2D eigenvalue weighted by Crippen LogP contribution is 1.80. The van der Waals surface area contributed by atoms with E-state index in [2.05, 4.69) is 24.7 Å².